The smallest absolute Gasteiger partial charge is 0.230 e. The second kappa shape index (κ2) is 8.14. The summed E-state index contributed by atoms with van der Waals surface area (Å²) in [5.74, 6) is 1.05. The van der Waals surface area contributed by atoms with Gasteiger partial charge in [-0.15, -0.1) is 0 Å². The summed E-state index contributed by atoms with van der Waals surface area (Å²) in [5.41, 5.74) is 3.12. The molecule has 0 unspecified atom stereocenters. The molecule has 0 aliphatic carbocycles. The molecule has 142 valence electrons. The van der Waals surface area contributed by atoms with Gasteiger partial charge in [0.15, 0.2) is 5.82 Å². The van der Waals surface area contributed by atoms with Crippen LogP contribution in [0, 0.1) is 6.92 Å². The highest BCUT2D eigenvalue weighted by atomic mass is 32.1. The van der Waals surface area contributed by atoms with Crippen molar-refractivity contribution in [2.45, 2.75) is 6.92 Å². The number of anilines is 3. The third-order valence-corrected chi connectivity index (χ3v) is 4.34. The first kappa shape index (κ1) is 18.8. The van der Waals surface area contributed by atoms with Gasteiger partial charge in [0.1, 0.15) is 10.5 Å². The molecule has 3 aromatic rings. The number of nitrogens with one attached hydrogen (secondary N) is 2. The standard InChI is InChI=1S/C17H22N8OS/c1-11-9-14(27-23-11)21-17-20-13-5-7-25(12(2)10-19-24(3)4)15(13)16(22-17)18-6-8-26/h5,7,9-10,26H,2,6,8H2,1,3-4H3,(H2,18,20,21,22)/b19-10-. The number of hydrogen-bond acceptors (Lipinski definition) is 9. The van der Waals surface area contributed by atoms with Crippen LogP contribution in [0.25, 0.3) is 16.7 Å². The third-order valence-electron chi connectivity index (χ3n) is 3.55. The van der Waals surface area contributed by atoms with E-state index in [1.165, 1.54) is 11.5 Å². The van der Waals surface area contributed by atoms with Crippen molar-refractivity contribution in [2.75, 3.05) is 37.9 Å². The maximum atomic E-state index is 9.20. The second-order valence-corrected chi connectivity index (χ2v) is 6.81. The molecule has 3 N–H and O–H groups in total. The molecule has 0 saturated heterocycles. The molecule has 10 heteroatoms. The van der Waals surface area contributed by atoms with Crippen LogP contribution >= 0.6 is 11.5 Å². The molecule has 0 radical (unpaired) electrons. The average Bonchev–Trinajstić information content (AvgIpc) is 3.23. The van der Waals surface area contributed by atoms with E-state index in [1.54, 1.807) is 11.2 Å². The number of aryl methyl sites for hydroxylation is 1. The fraction of sp³-hybridized carbons (Fsp3) is 0.294. The zero-order valence-electron chi connectivity index (χ0n) is 15.5. The van der Waals surface area contributed by atoms with Gasteiger partial charge in [-0.05, 0) is 30.6 Å². The van der Waals surface area contributed by atoms with Crippen LogP contribution in [0.3, 0.4) is 0 Å². The highest BCUT2D eigenvalue weighted by molar-refractivity contribution is 7.10. The van der Waals surface area contributed by atoms with Gasteiger partial charge in [0.2, 0.25) is 5.95 Å². The van der Waals surface area contributed by atoms with E-state index in [0.717, 1.165) is 21.7 Å². The molecule has 9 nitrogen and oxygen atoms in total. The van der Waals surface area contributed by atoms with Gasteiger partial charge in [-0.3, -0.25) is 0 Å². The van der Waals surface area contributed by atoms with Crippen molar-refractivity contribution in [3.05, 3.63) is 30.6 Å². The largest absolute Gasteiger partial charge is 0.395 e. The number of allylic oxidation sites excluding steroid dienone is 1. The molecule has 3 rings (SSSR count). The summed E-state index contributed by atoms with van der Waals surface area (Å²) in [6.07, 6.45) is 3.54. The maximum Gasteiger partial charge on any atom is 0.230 e. The Morgan fingerprint density at radius 1 is 1.44 bits per heavy atom. The molecule has 3 heterocycles. The van der Waals surface area contributed by atoms with Crippen molar-refractivity contribution >= 4 is 51.2 Å². The molecule has 0 spiro atoms. The maximum absolute atomic E-state index is 9.20. The Labute approximate surface area is 161 Å². The molecule has 27 heavy (non-hydrogen) atoms. The quantitative estimate of drug-likeness (QED) is 0.403. The number of fused-ring (bicyclic) bond motifs is 1. The van der Waals surface area contributed by atoms with Gasteiger partial charge in [-0.1, -0.05) is 6.58 Å². The van der Waals surface area contributed by atoms with Crippen molar-refractivity contribution in [3.8, 4) is 0 Å². The van der Waals surface area contributed by atoms with Gasteiger partial charge in [0.25, 0.3) is 0 Å². The van der Waals surface area contributed by atoms with Crippen LogP contribution in [0.1, 0.15) is 5.69 Å². The molecular formula is C17H22N8OS. The third kappa shape index (κ3) is 4.41. The van der Waals surface area contributed by atoms with Crippen molar-refractivity contribution < 1.29 is 5.11 Å². The highest BCUT2D eigenvalue weighted by Crippen LogP contribution is 2.27. The SMILES string of the molecule is C=C(/C=N\N(C)C)n1ccc2nc(Nc3cc(C)ns3)nc(NCCO)c21. The fourth-order valence-electron chi connectivity index (χ4n) is 2.42. The van der Waals surface area contributed by atoms with E-state index in [0.29, 0.717) is 24.0 Å². The van der Waals surface area contributed by atoms with Gasteiger partial charge in [-0.25, -0.2) is 4.98 Å². The molecule has 0 saturated carbocycles. The lowest BCUT2D eigenvalue weighted by Crippen LogP contribution is -2.11. The first-order chi connectivity index (χ1) is 13.0. The summed E-state index contributed by atoms with van der Waals surface area (Å²) in [7, 11) is 3.68. The minimum Gasteiger partial charge on any atom is -0.395 e. The van der Waals surface area contributed by atoms with E-state index < -0.39 is 0 Å². The molecule has 0 bridgehead atoms. The number of rotatable bonds is 8. The normalized spacial score (nSPS) is 11.3. The topological polar surface area (TPSA) is 103 Å². The Kier molecular flexibility index (Phi) is 5.67. The van der Waals surface area contributed by atoms with Crippen LogP contribution < -0.4 is 10.6 Å². The van der Waals surface area contributed by atoms with Crippen LogP contribution in [0.4, 0.5) is 16.8 Å². The van der Waals surface area contributed by atoms with E-state index in [1.807, 2.05) is 43.9 Å². The number of aliphatic hydroxyl groups is 1. The lowest BCUT2D eigenvalue weighted by molar-refractivity contribution is 0.311. The highest BCUT2D eigenvalue weighted by Gasteiger charge is 2.14. The average molecular weight is 386 g/mol. The van der Waals surface area contributed by atoms with Crippen LogP contribution in [-0.2, 0) is 0 Å². The number of hydrazone groups is 1. The molecule has 0 amide bonds. The number of aromatic nitrogens is 4. The summed E-state index contributed by atoms with van der Waals surface area (Å²) < 4.78 is 6.11. The molecule has 0 aromatic carbocycles. The molecule has 0 atom stereocenters. The predicted octanol–water partition coefficient (Wildman–Crippen LogP) is 2.36. The van der Waals surface area contributed by atoms with Gasteiger partial charge in [-0.2, -0.15) is 14.5 Å². The van der Waals surface area contributed by atoms with Crippen LogP contribution in [0.15, 0.2) is 30.0 Å². The monoisotopic (exact) mass is 386 g/mol. The Morgan fingerprint density at radius 2 is 2.26 bits per heavy atom. The van der Waals surface area contributed by atoms with E-state index >= 15 is 0 Å². The Bertz CT molecular complexity index is 975. The van der Waals surface area contributed by atoms with E-state index in [4.69, 9.17) is 0 Å². The first-order valence-corrected chi connectivity index (χ1v) is 9.10. The second-order valence-electron chi connectivity index (χ2n) is 6.01. The number of hydrogen-bond donors (Lipinski definition) is 3. The predicted molar refractivity (Wildman–Crippen MR) is 111 cm³/mol. The lowest BCUT2D eigenvalue weighted by atomic mass is 10.4. The summed E-state index contributed by atoms with van der Waals surface area (Å²) in [5, 5.41) is 22.3. The molecule has 3 aromatic heterocycles. The summed E-state index contributed by atoms with van der Waals surface area (Å²) in [6, 6.07) is 3.82. The van der Waals surface area contributed by atoms with Gasteiger partial charge < -0.3 is 25.3 Å². The number of nitrogens with zero attached hydrogens (tertiary/aromatic N) is 6. The zero-order valence-corrected chi connectivity index (χ0v) is 16.3. The minimum absolute atomic E-state index is 0.00790. The van der Waals surface area contributed by atoms with Crippen molar-refractivity contribution in [1.82, 2.24) is 23.9 Å². The van der Waals surface area contributed by atoms with E-state index in [2.05, 4.69) is 36.7 Å². The van der Waals surface area contributed by atoms with Crippen LogP contribution in [0.5, 0.6) is 0 Å². The Balaban J connectivity index is 2.01. The lowest BCUT2D eigenvalue weighted by Gasteiger charge is -2.12. The van der Waals surface area contributed by atoms with Crippen LogP contribution in [-0.4, -0.2) is 62.5 Å². The fourth-order valence-corrected chi connectivity index (χ4v) is 3.07. The Morgan fingerprint density at radius 3 is 2.93 bits per heavy atom. The molecule has 0 aliphatic heterocycles. The van der Waals surface area contributed by atoms with Crippen molar-refractivity contribution in [2.24, 2.45) is 5.10 Å². The van der Waals surface area contributed by atoms with Gasteiger partial charge in [0, 0.05) is 26.8 Å². The zero-order chi connectivity index (χ0) is 19.4. The van der Waals surface area contributed by atoms with E-state index in [9.17, 15) is 5.11 Å². The minimum atomic E-state index is -0.00790. The summed E-state index contributed by atoms with van der Waals surface area (Å²) in [6.45, 7) is 6.36. The van der Waals surface area contributed by atoms with Crippen LogP contribution in [0.2, 0.25) is 0 Å². The van der Waals surface area contributed by atoms with Gasteiger partial charge >= 0.3 is 0 Å². The Hall–Kier alpha value is -2.98. The molecule has 0 aliphatic rings. The van der Waals surface area contributed by atoms with Crippen molar-refractivity contribution in [1.29, 1.82) is 0 Å². The molecular weight excluding hydrogens is 364 g/mol. The van der Waals surface area contributed by atoms with E-state index in [-0.39, 0.29) is 6.61 Å². The summed E-state index contributed by atoms with van der Waals surface area (Å²) in [4.78, 5) is 9.16. The van der Waals surface area contributed by atoms with Gasteiger partial charge in [0.05, 0.1) is 29.7 Å². The first-order valence-electron chi connectivity index (χ1n) is 8.32. The van der Waals surface area contributed by atoms with Crippen molar-refractivity contribution in [3.63, 3.8) is 0 Å². The summed E-state index contributed by atoms with van der Waals surface area (Å²) >= 11 is 1.35. The number of aliphatic hydroxyl groups excluding tert-OH is 1. The molecule has 0 fully saturated rings.